The monoisotopic (exact) mass is 353 g/mol. The molecule has 0 unspecified atom stereocenters. The Morgan fingerprint density at radius 3 is 1.96 bits per heavy atom. The molecular weight excluding hydrogens is 330 g/mol. The normalized spacial score (nSPS) is 10.3. The van der Waals surface area contributed by atoms with Crippen molar-refractivity contribution in [2.75, 3.05) is 5.32 Å². The van der Waals surface area contributed by atoms with Crippen molar-refractivity contribution in [1.82, 2.24) is 0 Å². The predicted molar refractivity (Wildman–Crippen MR) is 101 cm³/mol. The smallest absolute Gasteiger partial charge is 0.303 e. The summed E-state index contributed by atoms with van der Waals surface area (Å²) in [4.78, 5) is 34.2. The zero-order chi connectivity index (χ0) is 18.9. The van der Waals surface area contributed by atoms with Crippen LogP contribution in [0.1, 0.15) is 49.4 Å². The van der Waals surface area contributed by atoms with Crippen molar-refractivity contribution < 1.29 is 19.5 Å². The summed E-state index contributed by atoms with van der Waals surface area (Å²) in [5, 5.41) is 11.5. The van der Waals surface area contributed by atoms with Gasteiger partial charge in [-0.05, 0) is 29.7 Å². The van der Waals surface area contributed by atoms with Crippen LogP contribution < -0.4 is 5.32 Å². The molecule has 0 aliphatic carbocycles. The number of aliphatic carboxylic acids is 1. The van der Waals surface area contributed by atoms with Crippen LogP contribution >= 0.6 is 0 Å². The summed E-state index contributed by atoms with van der Waals surface area (Å²) in [7, 11) is 0. The summed E-state index contributed by atoms with van der Waals surface area (Å²) in [6.45, 7) is 2.05. The molecule has 5 heteroatoms. The molecule has 0 spiro atoms. The second-order valence-electron chi connectivity index (χ2n) is 6.12. The number of amides is 1. The third kappa shape index (κ3) is 5.84. The molecule has 2 N–H and O–H groups in total. The van der Waals surface area contributed by atoms with Crippen molar-refractivity contribution in [3.63, 3.8) is 0 Å². The third-order valence-corrected chi connectivity index (χ3v) is 4.03. The second-order valence-corrected chi connectivity index (χ2v) is 6.12. The first kappa shape index (κ1) is 19.4. The van der Waals surface area contributed by atoms with Crippen molar-refractivity contribution in [2.45, 2.75) is 39.0 Å². The van der Waals surface area contributed by atoms with Crippen molar-refractivity contribution in [3.8, 4) is 11.1 Å². The largest absolute Gasteiger partial charge is 0.481 e. The molecule has 1 amide bonds. The summed E-state index contributed by atoms with van der Waals surface area (Å²) in [6.07, 6.45) is 2.23. The van der Waals surface area contributed by atoms with Crippen LogP contribution in [0.4, 0.5) is 5.69 Å². The topological polar surface area (TPSA) is 83.5 Å². The second kappa shape index (κ2) is 9.51. The molecule has 0 aliphatic heterocycles. The molecular formula is C21H23NO4. The Hall–Kier alpha value is -2.95. The number of hydrogen-bond acceptors (Lipinski definition) is 3. The highest BCUT2D eigenvalue weighted by molar-refractivity contribution is 5.97. The van der Waals surface area contributed by atoms with E-state index in [4.69, 9.17) is 5.11 Å². The lowest BCUT2D eigenvalue weighted by atomic mass is 10.0. The summed E-state index contributed by atoms with van der Waals surface area (Å²) in [6, 6.07) is 14.6. The molecule has 0 aliphatic rings. The number of hydrogen-bond donors (Lipinski definition) is 2. The number of Topliss-reactive ketones (excluding diaryl/α,β-unsaturated/α-hetero) is 1. The van der Waals surface area contributed by atoms with Crippen LogP contribution in [0, 0.1) is 0 Å². The Morgan fingerprint density at radius 1 is 0.846 bits per heavy atom. The van der Waals surface area contributed by atoms with Crippen LogP contribution in [0.5, 0.6) is 0 Å². The van der Waals surface area contributed by atoms with Gasteiger partial charge in [0.25, 0.3) is 0 Å². The maximum Gasteiger partial charge on any atom is 0.303 e. The average Bonchev–Trinajstić information content (AvgIpc) is 2.65. The van der Waals surface area contributed by atoms with Crippen LogP contribution in [0.25, 0.3) is 11.1 Å². The summed E-state index contributed by atoms with van der Waals surface area (Å²) < 4.78 is 0. The van der Waals surface area contributed by atoms with Gasteiger partial charge in [-0.1, -0.05) is 49.7 Å². The summed E-state index contributed by atoms with van der Waals surface area (Å²) in [5.41, 5.74) is 3.19. The van der Waals surface area contributed by atoms with Crippen molar-refractivity contribution in [1.29, 1.82) is 0 Å². The summed E-state index contributed by atoms with van der Waals surface area (Å²) >= 11 is 0. The van der Waals surface area contributed by atoms with E-state index < -0.39 is 5.97 Å². The van der Waals surface area contributed by atoms with E-state index in [1.807, 2.05) is 43.3 Å². The van der Waals surface area contributed by atoms with Gasteiger partial charge in [-0.15, -0.1) is 0 Å². The number of anilines is 1. The van der Waals surface area contributed by atoms with E-state index in [1.165, 1.54) is 0 Å². The fraction of sp³-hybridized carbons (Fsp3) is 0.286. The number of rotatable bonds is 9. The minimum Gasteiger partial charge on any atom is -0.481 e. The van der Waals surface area contributed by atoms with E-state index in [9.17, 15) is 14.4 Å². The number of carboxylic acid groups (broad SMARTS) is 1. The maximum absolute atomic E-state index is 11.9. The molecule has 0 bridgehead atoms. The fourth-order valence-corrected chi connectivity index (χ4v) is 2.52. The van der Waals surface area contributed by atoms with Crippen LogP contribution in [0.3, 0.4) is 0 Å². The van der Waals surface area contributed by atoms with Crippen molar-refractivity contribution in [3.05, 3.63) is 54.1 Å². The van der Waals surface area contributed by atoms with E-state index in [-0.39, 0.29) is 24.5 Å². The van der Waals surface area contributed by atoms with E-state index in [1.54, 1.807) is 12.1 Å². The van der Waals surface area contributed by atoms with Crippen molar-refractivity contribution >= 4 is 23.3 Å². The lowest BCUT2D eigenvalue weighted by molar-refractivity contribution is -0.137. The van der Waals surface area contributed by atoms with Gasteiger partial charge in [-0.3, -0.25) is 14.4 Å². The quantitative estimate of drug-likeness (QED) is 0.649. The van der Waals surface area contributed by atoms with Gasteiger partial charge < -0.3 is 10.4 Å². The number of carboxylic acids is 1. The van der Waals surface area contributed by atoms with Crippen molar-refractivity contribution in [2.24, 2.45) is 0 Å². The fourth-order valence-electron chi connectivity index (χ4n) is 2.52. The molecule has 26 heavy (non-hydrogen) atoms. The Bertz CT molecular complexity index is 764. The number of ketones is 1. The van der Waals surface area contributed by atoms with Gasteiger partial charge in [0.1, 0.15) is 0 Å². The zero-order valence-electron chi connectivity index (χ0n) is 14.8. The van der Waals surface area contributed by atoms with Gasteiger partial charge in [-0.25, -0.2) is 0 Å². The molecule has 0 saturated carbocycles. The lowest BCUT2D eigenvalue weighted by Gasteiger charge is -2.07. The predicted octanol–water partition coefficient (Wildman–Crippen LogP) is 4.53. The minimum atomic E-state index is -0.975. The first-order valence-corrected chi connectivity index (χ1v) is 8.75. The molecule has 0 saturated heterocycles. The van der Waals surface area contributed by atoms with E-state index >= 15 is 0 Å². The van der Waals surface area contributed by atoms with Crippen LogP contribution in [-0.2, 0) is 9.59 Å². The Kier molecular flexibility index (Phi) is 7.09. The molecule has 136 valence electrons. The van der Waals surface area contributed by atoms with Gasteiger partial charge in [0.2, 0.25) is 5.91 Å². The Labute approximate surface area is 153 Å². The third-order valence-electron chi connectivity index (χ3n) is 4.03. The molecule has 0 atom stereocenters. The van der Waals surface area contributed by atoms with Gasteiger partial charge in [0, 0.05) is 24.1 Å². The SMILES string of the molecule is CCCCC(=O)Nc1ccc(-c2ccc(C(=O)CCC(=O)O)cc2)cc1. The number of benzene rings is 2. The van der Waals surface area contributed by atoms with Crippen LogP contribution in [0.2, 0.25) is 0 Å². The average molecular weight is 353 g/mol. The highest BCUT2D eigenvalue weighted by atomic mass is 16.4. The van der Waals surface area contributed by atoms with E-state index in [2.05, 4.69) is 5.32 Å². The lowest BCUT2D eigenvalue weighted by Crippen LogP contribution is -2.10. The van der Waals surface area contributed by atoms with Gasteiger partial charge in [0.15, 0.2) is 5.78 Å². The Balaban J connectivity index is 1.99. The van der Waals surface area contributed by atoms with Crippen LogP contribution in [-0.4, -0.2) is 22.8 Å². The van der Waals surface area contributed by atoms with Gasteiger partial charge >= 0.3 is 5.97 Å². The molecule has 0 aromatic heterocycles. The molecule has 0 heterocycles. The molecule has 5 nitrogen and oxygen atoms in total. The maximum atomic E-state index is 11.9. The zero-order valence-corrected chi connectivity index (χ0v) is 14.8. The Morgan fingerprint density at radius 2 is 1.42 bits per heavy atom. The van der Waals surface area contributed by atoms with E-state index in [0.717, 1.165) is 29.7 Å². The molecule has 2 aromatic rings. The number of unbranched alkanes of at least 4 members (excludes halogenated alkanes) is 1. The molecule has 0 radical (unpaired) electrons. The number of carbonyl (C=O) groups is 3. The van der Waals surface area contributed by atoms with Gasteiger partial charge in [-0.2, -0.15) is 0 Å². The molecule has 0 fully saturated rings. The molecule has 2 aromatic carbocycles. The minimum absolute atomic E-state index is 0.00110. The first-order chi connectivity index (χ1) is 12.5. The standard InChI is InChI=1S/C21H23NO4/c1-2-3-4-20(24)22-18-11-9-16(10-12-18)15-5-7-17(8-6-15)19(23)13-14-21(25)26/h5-12H,2-4,13-14H2,1H3,(H,22,24)(H,25,26). The number of carbonyl (C=O) groups excluding carboxylic acids is 2. The first-order valence-electron chi connectivity index (χ1n) is 8.75. The highest BCUT2D eigenvalue weighted by Gasteiger charge is 2.09. The van der Waals surface area contributed by atoms with Gasteiger partial charge in [0.05, 0.1) is 6.42 Å². The summed E-state index contributed by atoms with van der Waals surface area (Å²) in [5.74, 6) is -1.13. The highest BCUT2D eigenvalue weighted by Crippen LogP contribution is 2.22. The molecule has 2 rings (SSSR count). The van der Waals surface area contributed by atoms with Crippen LogP contribution in [0.15, 0.2) is 48.5 Å². The number of nitrogens with one attached hydrogen (secondary N) is 1. The van der Waals surface area contributed by atoms with E-state index in [0.29, 0.717) is 12.0 Å².